The van der Waals surface area contributed by atoms with Crippen LogP contribution in [0.5, 0.6) is 0 Å². The van der Waals surface area contributed by atoms with Gasteiger partial charge in [0.15, 0.2) is 0 Å². The molecule has 0 aliphatic carbocycles. The second-order valence-electron chi connectivity index (χ2n) is 4.52. The largest absolute Gasteiger partial charge is 0.392 e. The van der Waals surface area contributed by atoms with Crippen molar-refractivity contribution < 1.29 is 5.11 Å². The van der Waals surface area contributed by atoms with Gasteiger partial charge in [-0.1, -0.05) is 42.5 Å². The second kappa shape index (κ2) is 5.15. The number of hydrogen-bond acceptors (Lipinski definition) is 1. The molecule has 0 aromatic heterocycles. The van der Waals surface area contributed by atoms with Gasteiger partial charge in [-0.2, -0.15) is 0 Å². The number of aliphatic hydroxyl groups is 1. The highest BCUT2D eigenvalue weighted by atomic mass is 16.3. The minimum absolute atomic E-state index is 0.115. The smallest absolute Gasteiger partial charge is 0.0681 e. The zero-order valence-corrected chi connectivity index (χ0v) is 10.4. The summed E-state index contributed by atoms with van der Waals surface area (Å²) in [6.07, 6.45) is 0.963. The number of aryl methyl sites for hydroxylation is 2. The number of benzene rings is 2. The van der Waals surface area contributed by atoms with Crippen molar-refractivity contribution in [1.29, 1.82) is 0 Å². The molecule has 0 radical (unpaired) electrons. The molecule has 0 saturated carbocycles. The maximum atomic E-state index is 9.01. The van der Waals surface area contributed by atoms with Gasteiger partial charge in [0.25, 0.3) is 0 Å². The van der Waals surface area contributed by atoms with E-state index in [-0.39, 0.29) is 6.61 Å². The molecule has 0 saturated heterocycles. The van der Waals surface area contributed by atoms with Crippen LogP contribution in [0.2, 0.25) is 0 Å². The molecule has 0 spiro atoms. The van der Waals surface area contributed by atoms with Gasteiger partial charge in [-0.3, -0.25) is 0 Å². The summed E-state index contributed by atoms with van der Waals surface area (Å²) >= 11 is 0. The van der Waals surface area contributed by atoms with E-state index in [9.17, 15) is 0 Å². The highest BCUT2D eigenvalue weighted by molar-refractivity contribution is 5.38. The molecule has 0 heterocycles. The lowest BCUT2D eigenvalue weighted by molar-refractivity contribution is 0.282. The third-order valence-corrected chi connectivity index (χ3v) is 3.23. The molecular weight excluding hydrogens is 208 g/mol. The Morgan fingerprint density at radius 3 is 1.88 bits per heavy atom. The lowest BCUT2D eigenvalue weighted by Gasteiger charge is -2.10. The van der Waals surface area contributed by atoms with Crippen molar-refractivity contribution >= 4 is 0 Å². The molecule has 0 atom stereocenters. The maximum Gasteiger partial charge on any atom is 0.0681 e. The van der Waals surface area contributed by atoms with Crippen LogP contribution in [-0.2, 0) is 13.0 Å². The van der Waals surface area contributed by atoms with Gasteiger partial charge in [0, 0.05) is 0 Å². The molecule has 2 aromatic rings. The zero-order chi connectivity index (χ0) is 12.3. The number of rotatable bonds is 3. The van der Waals surface area contributed by atoms with E-state index in [1.54, 1.807) is 0 Å². The molecule has 2 rings (SSSR count). The van der Waals surface area contributed by atoms with E-state index in [4.69, 9.17) is 5.11 Å². The van der Waals surface area contributed by atoms with Crippen LogP contribution in [0.4, 0.5) is 0 Å². The lowest BCUT2D eigenvalue weighted by atomic mass is 9.96. The molecule has 0 amide bonds. The summed E-state index contributed by atoms with van der Waals surface area (Å²) in [7, 11) is 0. The second-order valence-corrected chi connectivity index (χ2v) is 4.52. The van der Waals surface area contributed by atoms with Gasteiger partial charge in [0.05, 0.1) is 6.61 Å². The van der Waals surface area contributed by atoms with Gasteiger partial charge in [0.1, 0.15) is 0 Å². The van der Waals surface area contributed by atoms with E-state index in [0.717, 1.165) is 12.0 Å². The third-order valence-electron chi connectivity index (χ3n) is 3.23. The summed E-state index contributed by atoms with van der Waals surface area (Å²) in [5, 5.41) is 9.01. The fourth-order valence-electron chi connectivity index (χ4n) is 2.09. The summed E-state index contributed by atoms with van der Waals surface area (Å²) in [5.41, 5.74) is 6.35. The molecule has 0 fully saturated rings. The Morgan fingerprint density at radius 1 is 0.824 bits per heavy atom. The van der Waals surface area contributed by atoms with Crippen molar-refractivity contribution in [1.82, 2.24) is 0 Å². The minimum Gasteiger partial charge on any atom is -0.392 e. The highest BCUT2D eigenvalue weighted by Gasteiger charge is 2.03. The van der Waals surface area contributed by atoms with E-state index in [2.05, 4.69) is 44.2 Å². The molecule has 2 aromatic carbocycles. The monoisotopic (exact) mass is 226 g/mol. The average molecular weight is 226 g/mol. The van der Waals surface area contributed by atoms with Crippen LogP contribution in [-0.4, -0.2) is 5.11 Å². The Morgan fingerprint density at radius 2 is 1.35 bits per heavy atom. The summed E-state index contributed by atoms with van der Waals surface area (Å²) in [6.45, 7) is 4.43. The molecule has 0 aliphatic heterocycles. The molecule has 1 heteroatoms. The number of aliphatic hydroxyl groups excluding tert-OH is 1. The summed E-state index contributed by atoms with van der Waals surface area (Å²) in [6, 6.07) is 14.6. The van der Waals surface area contributed by atoms with Crippen molar-refractivity contribution in [3.05, 3.63) is 70.3 Å². The average Bonchev–Trinajstić information content (AvgIpc) is 2.35. The van der Waals surface area contributed by atoms with E-state index < -0.39 is 0 Å². The first-order valence-electron chi connectivity index (χ1n) is 5.94. The van der Waals surface area contributed by atoms with Crippen LogP contribution in [0, 0.1) is 13.8 Å². The zero-order valence-electron chi connectivity index (χ0n) is 10.4. The quantitative estimate of drug-likeness (QED) is 0.850. The van der Waals surface area contributed by atoms with Crippen LogP contribution >= 0.6 is 0 Å². The summed E-state index contributed by atoms with van der Waals surface area (Å²) < 4.78 is 0. The molecule has 88 valence electrons. The van der Waals surface area contributed by atoms with Gasteiger partial charge >= 0.3 is 0 Å². The fraction of sp³-hybridized carbons (Fsp3) is 0.250. The molecule has 0 aliphatic rings. The molecule has 1 nitrogen and oxygen atoms in total. The van der Waals surface area contributed by atoms with Gasteiger partial charge < -0.3 is 5.11 Å². The van der Waals surface area contributed by atoms with Gasteiger partial charge in [-0.05, 0) is 48.1 Å². The van der Waals surface area contributed by atoms with Crippen molar-refractivity contribution in [3.63, 3.8) is 0 Å². The Bertz CT molecular complexity index is 477. The Labute approximate surface area is 103 Å². The first-order chi connectivity index (χ1) is 8.20. The third kappa shape index (κ3) is 2.75. The molecule has 1 N–H and O–H groups in total. The van der Waals surface area contributed by atoms with E-state index >= 15 is 0 Å². The summed E-state index contributed by atoms with van der Waals surface area (Å²) in [4.78, 5) is 0. The molecule has 0 bridgehead atoms. The standard InChI is InChI=1S/C16H18O/c1-12-4-3-5-13(2)16(12)10-14-6-8-15(11-17)9-7-14/h3-9,17H,10-11H2,1-2H3. The van der Waals surface area contributed by atoms with Crippen LogP contribution in [0.15, 0.2) is 42.5 Å². The lowest BCUT2D eigenvalue weighted by Crippen LogP contribution is -1.95. The van der Waals surface area contributed by atoms with E-state index in [1.165, 1.54) is 22.3 Å². The van der Waals surface area contributed by atoms with Gasteiger partial charge in [-0.25, -0.2) is 0 Å². The molecular formula is C16H18O. The first kappa shape index (κ1) is 11.9. The Hall–Kier alpha value is -1.60. The highest BCUT2D eigenvalue weighted by Crippen LogP contribution is 2.18. The topological polar surface area (TPSA) is 20.2 Å². The van der Waals surface area contributed by atoms with Crippen LogP contribution in [0.1, 0.15) is 27.8 Å². The van der Waals surface area contributed by atoms with Crippen molar-refractivity contribution in [2.75, 3.05) is 0 Å². The first-order valence-corrected chi connectivity index (χ1v) is 5.94. The predicted molar refractivity (Wildman–Crippen MR) is 71.1 cm³/mol. The fourth-order valence-corrected chi connectivity index (χ4v) is 2.09. The van der Waals surface area contributed by atoms with Crippen molar-refractivity contribution in [3.8, 4) is 0 Å². The Kier molecular flexibility index (Phi) is 3.60. The van der Waals surface area contributed by atoms with Crippen molar-refractivity contribution in [2.45, 2.75) is 26.9 Å². The van der Waals surface area contributed by atoms with Crippen molar-refractivity contribution in [2.24, 2.45) is 0 Å². The normalized spacial score (nSPS) is 10.5. The van der Waals surface area contributed by atoms with Gasteiger partial charge in [0.2, 0.25) is 0 Å². The minimum atomic E-state index is 0.115. The molecule has 0 unspecified atom stereocenters. The predicted octanol–water partition coefficient (Wildman–Crippen LogP) is 3.39. The van der Waals surface area contributed by atoms with Crippen LogP contribution < -0.4 is 0 Å². The SMILES string of the molecule is Cc1cccc(C)c1Cc1ccc(CO)cc1. The van der Waals surface area contributed by atoms with Crippen LogP contribution in [0.3, 0.4) is 0 Å². The van der Waals surface area contributed by atoms with E-state index in [0.29, 0.717) is 0 Å². The number of hydrogen-bond donors (Lipinski definition) is 1. The Balaban J connectivity index is 2.25. The molecule has 17 heavy (non-hydrogen) atoms. The maximum absolute atomic E-state index is 9.01. The van der Waals surface area contributed by atoms with Crippen LogP contribution in [0.25, 0.3) is 0 Å². The summed E-state index contributed by atoms with van der Waals surface area (Å²) in [5.74, 6) is 0. The van der Waals surface area contributed by atoms with Gasteiger partial charge in [-0.15, -0.1) is 0 Å². The van der Waals surface area contributed by atoms with E-state index in [1.807, 2.05) is 12.1 Å².